The van der Waals surface area contributed by atoms with Crippen LogP contribution < -0.4 is 4.90 Å². The quantitative estimate of drug-likeness (QED) is 0.715. The molecule has 3 aliphatic rings. The van der Waals surface area contributed by atoms with Gasteiger partial charge in [-0.1, -0.05) is 25.5 Å². The van der Waals surface area contributed by atoms with Crippen LogP contribution in [0.1, 0.15) is 44.6 Å². The summed E-state index contributed by atoms with van der Waals surface area (Å²) in [4.78, 5) is 26.7. The molecule has 1 saturated carbocycles. The van der Waals surface area contributed by atoms with Crippen molar-refractivity contribution >= 4 is 11.9 Å². The lowest BCUT2D eigenvalue weighted by molar-refractivity contribution is -0.141. The van der Waals surface area contributed by atoms with Crippen LogP contribution in [0, 0.1) is 29.0 Å². The average Bonchev–Trinajstić information content (AvgIpc) is 3.25. The van der Waals surface area contributed by atoms with Gasteiger partial charge in [0.25, 0.3) is 0 Å². The summed E-state index contributed by atoms with van der Waals surface area (Å²) in [5, 5.41) is 0. The highest BCUT2D eigenvalue weighted by atomic mass is 19.1. The molecule has 3 fully saturated rings. The molecule has 1 amide bonds. The van der Waals surface area contributed by atoms with Gasteiger partial charge in [-0.25, -0.2) is 14.4 Å². The van der Waals surface area contributed by atoms with E-state index in [1.807, 2.05) is 18.2 Å². The number of carbonyl (C=O) groups excluding carboxylic acids is 1. The van der Waals surface area contributed by atoms with E-state index >= 15 is 0 Å². The Bertz CT molecular complexity index is 944. The highest BCUT2D eigenvalue weighted by Crippen LogP contribution is 2.44. The maximum Gasteiger partial charge on any atom is 0.228 e. The molecular weight excluding hydrogens is 403 g/mol. The van der Waals surface area contributed by atoms with Gasteiger partial charge in [0.1, 0.15) is 5.82 Å². The molecule has 0 radical (unpaired) electrons. The molecule has 0 unspecified atom stereocenters. The van der Waals surface area contributed by atoms with E-state index in [0.29, 0.717) is 23.7 Å². The standard InChI is InChI=1S/C26H33FN4O/c1-26(9-13-30(14-10-26)25-28-11-4-12-29-25)24(32)31-17-21-7-3-6-20(23(21)18-31)15-19-5-2-8-22(27)16-19/h2,4-5,8,11-12,16,20-21,23H,3,6-7,9-10,13-15,17-18H2,1H3/t20-,21-,23-/m1/s1. The summed E-state index contributed by atoms with van der Waals surface area (Å²) in [7, 11) is 0. The van der Waals surface area contributed by atoms with Gasteiger partial charge in [0.2, 0.25) is 11.9 Å². The monoisotopic (exact) mass is 436 g/mol. The fourth-order valence-corrected chi connectivity index (χ4v) is 6.23. The summed E-state index contributed by atoms with van der Waals surface area (Å²) in [5.41, 5.74) is 0.777. The van der Waals surface area contributed by atoms with E-state index in [-0.39, 0.29) is 11.2 Å². The van der Waals surface area contributed by atoms with Crippen LogP contribution in [0.4, 0.5) is 10.3 Å². The first-order chi connectivity index (χ1) is 15.5. The number of nitrogens with zero attached hydrogens (tertiary/aromatic N) is 4. The third-order valence-electron chi connectivity index (χ3n) is 8.14. The Balaban J connectivity index is 1.23. The lowest BCUT2D eigenvalue weighted by atomic mass is 9.71. The molecule has 1 aromatic heterocycles. The molecule has 1 aromatic carbocycles. The van der Waals surface area contributed by atoms with Crippen molar-refractivity contribution in [3.8, 4) is 0 Å². The van der Waals surface area contributed by atoms with E-state index in [0.717, 1.165) is 57.0 Å². The van der Waals surface area contributed by atoms with E-state index in [1.165, 1.54) is 25.3 Å². The number of likely N-dealkylation sites (tertiary alicyclic amines) is 1. The largest absolute Gasteiger partial charge is 0.342 e. The number of aromatic nitrogens is 2. The second-order valence-electron chi connectivity index (χ2n) is 10.3. The fraction of sp³-hybridized carbons (Fsp3) is 0.577. The zero-order valence-electron chi connectivity index (χ0n) is 18.9. The Labute approximate surface area is 190 Å². The van der Waals surface area contributed by atoms with E-state index < -0.39 is 0 Å². The SMILES string of the molecule is CC1(C(=O)N2C[C@H]3CCC[C@H](Cc4cccc(F)c4)[C@H]3C2)CCN(c2ncccn2)CC1. The molecule has 6 heteroatoms. The van der Waals surface area contributed by atoms with Gasteiger partial charge in [-0.05, 0) is 73.6 Å². The normalized spacial score (nSPS) is 27.2. The van der Waals surface area contributed by atoms with Crippen molar-refractivity contribution in [3.05, 3.63) is 54.1 Å². The second-order valence-corrected chi connectivity index (χ2v) is 10.3. The molecule has 2 saturated heterocycles. The van der Waals surface area contributed by atoms with Crippen molar-refractivity contribution in [3.63, 3.8) is 0 Å². The smallest absolute Gasteiger partial charge is 0.228 e. The number of carbonyl (C=O) groups is 1. The first kappa shape index (κ1) is 21.4. The minimum atomic E-state index is -0.309. The topological polar surface area (TPSA) is 49.3 Å². The van der Waals surface area contributed by atoms with Crippen LogP contribution in [0.5, 0.6) is 0 Å². The van der Waals surface area contributed by atoms with Crippen LogP contribution in [0.2, 0.25) is 0 Å². The minimum absolute atomic E-state index is 0.154. The fourth-order valence-electron chi connectivity index (χ4n) is 6.23. The number of amides is 1. The zero-order chi connectivity index (χ0) is 22.1. The second kappa shape index (κ2) is 8.80. The lowest BCUT2D eigenvalue weighted by Crippen LogP contribution is -2.48. The number of halogens is 1. The Morgan fingerprint density at radius 1 is 1.12 bits per heavy atom. The van der Waals surface area contributed by atoms with Crippen molar-refractivity contribution in [2.75, 3.05) is 31.1 Å². The molecule has 3 heterocycles. The molecule has 170 valence electrons. The maximum atomic E-state index is 13.7. The number of rotatable bonds is 4. The van der Waals surface area contributed by atoms with Gasteiger partial charge in [0.05, 0.1) is 0 Å². The maximum absolute atomic E-state index is 13.7. The van der Waals surface area contributed by atoms with Crippen LogP contribution in [0.3, 0.4) is 0 Å². The zero-order valence-corrected chi connectivity index (χ0v) is 18.9. The van der Waals surface area contributed by atoms with Crippen molar-refractivity contribution in [2.45, 2.75) is 45.4 Å². The van der Waals surface area contributed by atoms with Crippen LogP contribution in [0.15, 0.2) is 42.7 Å². The summed E-state index contributed by atoms with van der Waals surface area (Å²) >= 11 is 0. The van der Waals surface area contributed by atoms with Gasteiger partial charge in [-0.3, -0.25) is 4.79 Å². The molecule has 0 spiro atoms. The number of hydrogen-bond acceptors (Lipinski definition) is 4. The highest BCUT2D eigenvalue weighted by molar-refractivity contribution is 5.83. The molecule has 5 nitrogen and oxygen atoms in total. The average molecular weight is 437 g/mol. The summed E-state index contributed by atoms with van der Waals surface area (Å²) in [6.07, 6.45) is 9.75. The molecule has 3 atom stereocenters. The minimum Gasteiger partial charge on any atom is -0.342 e. The Hall–Kier alpha value is -2.50. The van der Waals surface area contributed by atoms with E-state index in [9.17, 15) is 9.18 Å². The van der Waals surface area contributed by atoms with Crippen molar-refractivity contribution < 1.29 is 9.18 Å². The number of piperidine rings is 1. The van der Waals surface area contributed by atoms with Crippen molar-refractivity contribution in [2.24, 2.45) is 23.2 Å². The summed E-state index contributed by atoms with van der Waals surface area (Å²) in [6.45, 7) is 5.53. The van der Waals surface area contributed by atoms with E-state index in [4.69, 9.17) is 0 Å². The third kappa shape index (κ3) is 4.24. The number of fused-ring (bicyclic) bond motifs is 1. The Kier molecular flexibility index (Phi) is 5.87. The van der Waals surface area contributed by atoms with Gasteiger partial charge < -0.3 is 9.80 Å². The number of hydrogen-bond donors (Lipinski definition) is 0. The molecule has 0 bridgehead atoms. The van der Waals surface area contributed by atoms with Crippen molar-refractivity contribution in [1.29, 1.82) is 0 Å². The van der Waals surface area contributed by atoms with Gasteiger partial charge in [-0.15, -0.1) is 0 Å². The van der Waals surface area contributed by atoms with Gasteiger partial charge in [0.15, 0.2) is 0 Å². The molecule has 1 aliphatic carbocycles. The Morgan fingerprint density at radius 3 is 2.66 bits per heavy atom. The Morgan fingerprint density at radius 2 is 1.91 bits per heavy atom. The first-order valence-electron chi connectivity index (χ1n) is 12.1. The lowest BCUT2D eigenvalue weighted by Gasteiger charge is -2.40. The summed E-state index contributed by atoms with van der Waals surface area (Å²) in [6, 6.07) is 8.86. The predicted octanol–water partition coefficient (Wildman–Crippen LogP) is 4.34. The van der Waals surface area contributed by atoms with Gasteiger partial charge >= 0.3 is 0 Å². The van der Waals surface area contributed by atoms with Crippen LogP contribution >= 0.6 is 0 Å². The number of anilines is 1. The first-order valence-corrected chi connectivity index (χ1v) is 12.1. The number of benzene rings is 1. The van der Waals surface area contributed by atoms with Crippen LogP contribution in [-0.2, 0) is 11.2 Å². The molecule has 32 heavy (non-hydrogen) atoms. The van der Waals surface area contributed by atoms with E-state index in [2.05, 4.69) is 26.7 Å². The molecule has 0 N–H and O–H groups in total. The van der Waals surface area contributed by atoms with Crippen LogP contribution in [0.25, 0.3) is 0 Å². The van der Waals surface area contributed by atoms with E-state index in [1.54, 1.807) is 18.5 Å². The van der Waals surface area contributed by atoms with Gasteiger partial charge in [0, 0.05) is 44.0 Å². The highest BCUT2D eigenvalue weighted by Gasteiger charge is 2.46. The predicted molar refractivity (Wildman–Crippen MR) is 123 cm³/mol. The summed E-state index contributed by atoms with van der Waals surface area (Å²) < 4.78 is 13.7. The van der Waals surface area contributed by atoms with Crippen LogP contribution in [-0.4, -0.2) is 47.0 Å². The molecular formula is C26H33FN4O. The third-order valence-corrected chi connectivity index (χ3v) is 8.14. The molecule has 2 aliphatic heterocycles. The molecule has 2 aromatic rings. The van der Waals surface area contributed by atoms with Crippen molar-refractivity contribution in [1.82, 2.24) is 14.9 Å². The summed E-state index contributed by atoms with van der Waals surface area (Å²) in [5.74, 6) is 2.60. The van der Waals surface area contributed by atoms with Gasteiger partial charge in [-0.2, -0.15) is 0 Å². The molecule has 5 rings (SSSR count).